The van der Waals surface area contributed by atoms with Gasteiger partial charge >= 0.3 is 6.09 Å². The lowest BCUT2D eigenvalue weighted by Crippen LogP contribution is -2.28. The Morgan fingerprint density at radius 2 is 2.00 bits per heavy atom. The average Bonchev–Trinajstić information content (AvgIpc) is 2.80. The monoisotopic (exact) mass is 185 g/mol. The summed E-state index contributed by atoms with van der Waals surface area (Å²) in [7, 11) is 0. The highest BCUT2D eigenvalue weighted by Crippen LogP contribution is 2.28. The summed E-state index contributed by atoms with van der Waals surface area (Å²) in [6.07, 6.45) is 4.26. The molecule has 2 rings (SSSR count). The normalized spacial score (nSPS) is 22.0. The van der Waals surface area contributed by atoms with Crippen molar-refractivity contribution in [2.24, 2.45) is 5.92 Å². The van der Waals surface area contributed by atoms with Crippen molar-refractivity contribution in [1.82, 2.24) is 4.90 Å². The Morgan fingerprint density at radius 1 is 1.31 bits per heavy atom. The number of likely N-dealkylation sites (tertiary alicyclic amines) is 1. The van der Waals surface area contributed by atoms with E-state index in [4.69, 9.17) is 4.89 Å². The van der Waals surface area contributed by atoms with Gasteiger partial charge in [0.15, 0.2) is 0 Å². The van der Waals surface area contributed by atoms with E-state index in [1.807, 2.05) is 0 Å². The van der Waals surface area contributed by atoms with E-state index in [0.29, 0.717) is 12.5 Å². The number of carbonyl (C=O) groups is 1. The van der Waals surface area contributed by atoms with Gasteiger partial charge in [-0.15, -0.1) is 0 Å². The maximum absolute atomic E-state index is 11.2. The molecule has 0 spiro atoms. The average molecular weight is 185 g/mol. The molecule has 1 heterocycles. The molecule has 0 aromatic heterocycles. The summed E-state index contributed by atoms with van der Waals surface area (Å²) >= 11 is 0. The second-order valence-electron chi connectivity index (χ2n) is 3.77. The van der Waals surface area contributed by atoms with Crippen LogP contribution in [0.15, 0.2) is 0 Å². The van der Waals surface area contributed by atoms with E-state index >= 15 is 0 Å². The summed E-state index contributed by atoms with van der Waals surface area (Å²) in [4.78, 5) is 22.4. The minimum Gasteiger partial charge on any atom is -0.306 e. The van der Waals surface area contributed by atoms with Gasteiger partial charge in [-0.2, -0.15) is 4.89 Å². The second kappa shape index (κ2) is 3.96. The first-order valence-electron chi connectivity index (χ1n) is 4.94. The molecule has 74 valence electrons. The molecule has 1 aliphatic heterocycles. The third-order valence-electron chi connectivity index (χ3n) is 2.50. The molecule has 1 amide bonds. The molecule has 2 aliphatic rings. The van der Waals surface area contributed by atoms with Crippen molar-refractivity contribution in [2.75, 3.05) is 19.7 Å². The van der Waals surface area contributed by atoms with Crippen LogP contribution in [-0.2, 0) is 9.78 Å². The van der Waals surface area contributed by atoms with Crippen molar-refractivity contribution >= 4 is 6.09 Å². The minimum atomic E-state index is -0.321. The van der Waals surface area contributed by atoms with Crippen molar-refractivity contribution in [3.05, 3.63) is 0 Å². The van der Waals surface area contributed by atoms with Crippen molar-refractivity contribution in [3.8, 4) is 0 Å². The van der Waals surface area contributed by atoms with Crippen LogP contribution in [0, 0.1) is 5.92 Å². The molecular formula is C9H15NO3. The van der Waals surface area contributed by atoms with Crippen LogP contribution in [-0.4, -0.2) is 30.7 Å². The van der Waals surface area contributed by atoms with E-state index in [-0.39, 0.29) is 6.09 Å². The van der Waals surface area contributed by atoms with Gasteiger partial charge in [-0.3, -0.25) is 4.89 Å². The van der Waals surface area contributed by atoms with Crippen molar-refractivity contribution in [2.45, 2.75) is 25.7 Å². The maximum atomic E-state index is 11.2. The number of amides is 1. The third-order valence-corrected chi connectivity index (χ3v) is 2.50. The Bertz CT molecular complexity index is 185. The number of hydrogen-bond acceptors (Lipinski definition) is 3. The molecule has 1 aliphatic carbocycles. The smallest absolute Gasteiger partial charge is 0.306 e. The highest BCUT2D eigenvalue weighted by molar-refractivity contribution is 5.67. The molecule has 1 saturated carbocycles. The topological polar surface area (TPSA) is 38.8 Å². The van der Waals surface area contributed by atoms with Crippen molar-refractivity contribution in [3.63, 3.8) is 0 Å². The lowest BCUT2D eigenvalue weighted by molar-refractivity contribution is -0.247. The van der Waals surface area contributed by atoms with Crippen LogP contribution in [0.1, 0.15) is 25.7 Å². The van der Waals surface area contributed by atoms with E-state index < -0.39 is 0 Å². The van der Waals surface area contributed by atoms with Gasteiger partial charge in [-0.05, 0) is 31.6 Å². The predicted molar refractivity (Wildman–Crippen MR) is 46.0 cm³/mol. The molecule has 13 heavy (non-hydrogen) atoms. The van der Waals surface area contributed by atoms with Crippen molar-refractivity contribution < 1.29 is 14.6 Å². The molecule has 0 unspecified atom stereocenters. The van der Waals surface area contributed by atoms with E-state index in [2.05, 4.69) is 4.89 Å². The van der Waals surface area contributed by atoms with Gasteiger partial charge in [-0.1, -0.05) is 0 Å². The zero-order valence-electron chi connectivity index (χ0n) is 7.70. The predicted octanol–water partition coefficient (Wildman–Crippen LogP) is 1.56. The van der Waals surface area contributed by atoms with Gasteiger partial charge in [0, 0.05) is 13.1 Å². The van der Waals surface area contributed by atoms with Crippen LogP contribution < -0.4 is 0 Å². The van der Waals surface area contributed by atoms with Gasteiger partial charge in [0.2, 0.25) is 0 Å². The molecule has 0 N–H and O–H groups in total. The summed E-state index contributed by atoms with van der Waals surface area (Å²) in [5.74, 6) is 0.631. The second-order valence-corrected chi connectivity index (χ2v) is 3.77. The van der Waals surface area contributed by atoms with Crippen LogP contribution in [0.5, 0.6) is 0 Å². The van der Waals surface area contributed by atoms with E-state index in [9.17, 15) is 4.79 Å². The van der Waals surface area contributed by atoms with E-state index in [1.165, 1.54) is 12.8 Å². The SMILES string of the molecule is O=C(OOCC1CC1)N1CCCC1. The Morgan fingerprint density at radius 3 is 2.62 bits per heavy atom. The maximum Gasteiger partial charge on any atom is 0.441 e. The molecule has 4 heteroatoms. The molecule has 2 fully saturated rings. The highest BCUT2D eigenvalue weighted by atomic mass is 17.2. The number of nitrogens with zero attached hydrogens (tertiary/aromatic N) is 1. The zero-order valence-corrected chi connectivity index (χ0v) is 7.70. The molecule has 0 bridgehead atoms. The first kappa shape index (κ1) is 8.81. The Kier molecular flexibility index (Phi) is 2.68. The van der Waals surface area contributed by atoms with Crippen molar-refractivity contribution in [1.29, 1.82) is 0 Å². The highest BCUT2D eigenvalue weighted by Gasteiger charge is 2.24. The molecule has 0 aromatic carbocycles. The van der Waals surface area contributed by atoms with Crippen LogP contribution in [0.2, 0.25) is 0 Å². The first-order chi connectivity index (χ1) is 6.36. The lowest BCUT2D eigenvalue weighted by Gasteiger charge is -2.13. The van der Waals surface area contributed by atoms with Crippen LogP contribution >= 0.6 is 0 Å². The van der Waals surface area contributed by atoms with Crippen LogP contribution in [0.3, 0.4) is 0 Å². The molecule has 1 saturated heterocycles. The van der Waals surface area contributed by atoms with Crippen LogP contribution in [0.4, 0.5) is 4.79 Å². The largest absolute Gasteiger partial charge is 0.441 e. The number of carbonyl (C=O) groups excluding carboxylic acids is 1. The summed E-state index contributed by atoms with van der Waals surface area (Å²) in [5, 5.41) is 0. The Labute approximate surface area is 77.7 Å². The molecule has 0 aromatic rings. The van der Waals surface area contributed by atoms with Gasteiger partial charge in [0.1, 0.15) is 0 Å². The van der Waals surface area contributed by atoms with Gasteiger partial charge < -0.3 is 4.90 Å². The number of rotatable bonds is 3. The first-order valence-corrected chi connectivity index (χ1v) is 4.94. The van der Waals surface area contributed by atoms with E-state index in [0.717, 1.165) is 25.9 Å². The number of hydrogen-bond donors (Lipinski definition) is 0. The fourth-order valence-electron chi connectivity index (χ4n) is 1.42. The van der Waals surface area contributed by atoms with Crippen LogP contribution in [0.25, 0.3) is 0 Å². The standard InChI is InChI=1S/C9H15NO3/c11-9(10-5-1-2-6-10)13-12-7-8-3-4-8/h8H,1-7H2. The Hall–Kier alpha value is -0.770. The fourth-order valence-corrected chi connectivity index (χ4v) is 1.42. The summed E-state index contributed by atoms with van der Waals surface area (Å²) in [5.41, 5.74) is 0. The fraction of sp³-hybridized carbons (Fsp3) is 0.889. The molecule has 4 nitrogen and oxygen atoms in total. The quantitative estimate of drug-likeness (QED) is 0.494. The zero-order chi connectivity index (χ0) is 9.10. The van der Waals surface area contributed by atoms with Gasteiger partial charge in [0.25, 0.3) is 0 Å². The summed E-state index contributed by atoms with van der Waals surface area (Å²) in [6, 6.07) is 0. The molecule has 0 atom stereocenters. The lowest BCUT2D eigenvalue weighted by atomic mass is 10.4. The minimum absolute atomic E-state index is 0.321. The Balaban J connectivity index is 1.59. The molecular weight excluding hydrogens is 170 g/mol. The van der Waals surface area contributed by atoms with Gasteiger partial charge in [-0.25, -0.2) is 4.79 Å². The third kappa shape index (κ3) is 2.59. The summed E-state index contributed by atoms with van der Waals surface area (Å²) < 4.78 is 0. The summed E-state index contributed by atoms with van der Waals surface area (Å²) in [6.45, 7) is 2.19. The van der Waals surface area contributed by atoms with Gasteiger partial charge in [0.05, 0.1) is 6.61 Å². The molecule has 0 radical (unpaired) electrons. The van der Waals surface area contributed by atoms with E-state index in [1.54, 1.807) is 4.90 Å².